The number of halogens is 2. The molecule has 0 aromatic carbocycles. The molecule has 8 bridgehead atoms. The number of aliphatic hydroxyl groups excluding tert-OH is 2. The summed E-state index contributed by atoms with van der Waals surface area (Å²) in [5, 5.41) is 32.5. The number of amides is 2. The lowest BCUT2D eigenvalue weighted by Crippen LogP contribution is -2.46. The molecule has 2 amide bonds. The molecule has 0 saturated carbocycles. The lowest BCUT2D eigenvalue weighted by Gasteiger charge is -2.36. The molecule has 18 nitrogen and oxygen atoms in total. The van der Waals surface area contributed by atoms with Crippen LogP contribution in [0.25, 0.3) is 0 Å². The van der Waals surface area contributed by atoms with Gasteiger partial charge < -0.3 is 41.3 Å². The van der Waals surface area contributed by atoms with Gasteiger partial charge in [-0.2, -0.15) is 8.78 Å². The number of anilines is 6. The fourth-order valence-electron chi connectivity index (χ4n) is 7.31. The smallest absolute Gasteiger partial charge is 0.274 e. The molecule has 328 valence electrons. The third kappa shape index (κ3) is 11.6. The van der Waals surface area contributed by atoms with E-state index in [1.807, 2.05) is 35.8 Å². The van der Waals surface area contributed by atoms with Crippen molar-refractivity contribution < 1.29 is 28.6 Å². The molecule has 0 aliphatic carbocycles. The van der Waals surface area contributed by atoms with Gasteiger partial charge in [-0.1, -0.05) is 24.3 Å². The van der Waals surface area contributed by atoms with Crippen LogP contribution in [0.4, 0.5) is 43.4 Å². The Balaban J connectivity index is 0.000000186. The lowest BCUT2D eigenvalue weighted by molar-refractivity contribution is 0.101. The van der Waals surface area contributed by atoms with Gasteiger partial charge in [-0.25, -0.2) is 29.9 Å². The summed E-state index contributed by atoms with van der Waals surface area (Å²) < 4.78 is 27.8. The van der Waals surface area contributed by atoms with Crippen molar-refractivity contribution in [3.63, 3.8) is 0 Å². The van der Waals surface area contributed by atoms with Crippen LogP contribution in [0.1, 0.15) is 47.7 Å². The van der Waals surface area contributed by atoms with E-state index in [-0.39, 0.29) is 35.4 Å². The highest BCUT2D eigenvalue weighted by Crippen LogP contribution is 2.29. The number of rotatable bonds is 0. The van der Waals surface area contributed by atoms with Crippen LogP contribution in [-0.4, -0.2) is 151 Å². The molecule has 62 heavy (non-hydrogen) atoms. The van der Waals surface area contributed by atoms with Gasteiger partial charge in [0.25, 0.3) is 11.8 Å². The van der Waals surface area contributed by atoms with Gasteiger partial charge in [0.05, 0.1) is 59.4 Å². The number of nitrogens with one attached hydrogen (secondary N) is 4. The van der Waals surface area contributed by atoms with E-state index in [4.69, 9.17) is 0 Å². The molecule has 6 aliphatic rings. The molecule has 0 radical (unpaired) electrons. The number of hydrogen-bond acceptors (Lipinski definition) is 16. The predicted octanol–water partition coefficient (Wildman–Crippen LogP) is 3.01. The van der Waals surface area contributed by atoms with Gasteiger partial charge in [-0.05, 0) is 38.8 Å². The van der Waals surface area contributed by atoms with Crippen LogP contribution >= 0.6 is 0 Å². The molecule has 0 spiro atoms. The quantitative estimate of drug-likeness (QED) is 0.111. The minimum absolute atomic E-state index is 0.153. The van der Waals surface area contributed by atoms with Crippen LogP contribution in [0, 0.1) is 11.9 Å². The monoisotopic (exact) mass is 854 g/mol. The van der Waals surface area contributed by atoms with Crippen molar-refractivity contribution in [2.24, 2.45) is 0 Å². The second-order valence-electron chi connectivity index (χ2n) is 15.5. The van der Waals surface area contributed by atoms with Crippen molar-refractivity contribution in [3.8, 4) is 0 Å². The molecular formula is C42H52F2N14O4. The SMILES string of the molecule is C[C@@H]1Nc2nccc(n2)C(=O)Nc2cnc(F)cc2N2CCN(C/C=C/C[C@@H]1O)CC2.C[C@@H]1Nc2nccc(n2)C(=O)Nc2cnc(F)cc2N2CCN(C/C=C/C[C@H]1O)CC2. The molecule has 10 rings (SSSR count). The molecule has 4 atom stereocenters. The molecule has 20 heteroatoms. The summed E-state index contributed by atoms with van der Waals surface area (Å²) >= 11 is 0. The number of piperazine rings is 2. The van der Waals surface area contributed by atoms with Gasteiger partial charge in [0.2, 0.25) is 23.8 Å². The Morgan fingerprint density at radius 2 is 1.00 bits per heavy atom. The second-order valence-corrected chi connectivity index (χ2v) is 15.5. The van der Waals surface area contributed by atoms with Crippen LogP contribution in [0.2, 0.25) is 0 Å². The van der Waals surface area contributed by atoms with E-state index in [0.717, 1.165) is 39.3 Å². The lowest BCUT2D eigenvalue weighted by atomic mass is 10.1. The number of aliphatic hydroxyl groups is 2. The highest BCUT2D eigenvalue weighted by Gasteiger charge is 2.24. The Labute approximate surface area is 358 Å². The maximum atomic E-state index is 13.9. The summed E-state index contributed by atoms with van der Waals surface area (Å²) in [6, 6.07) is 5.08. The Morgan fingerprint density at radius 3 is 1.40 bits per heavy atom. The topological polar surface area (TPSA) is 213 Å². The molecule has 6 aliphatic heterocycles. The van der Waals surface area contributed by atoms with E-state index in [0.29, 0.717) is 61.8 Å². The first-order valence-electron chi connectivity index (χ1n) is 20.7. The van der Waals surface area contributed by atoms with Gasteiger partial charge in [-0.15, -0.1) is 0 Å². The number of nitrogens with zero attached hydrogens (tertiary/aromatic N) is 10. The van der Waals surface area contributed by atoms with Crippen molar-refractivity contribution in [1.29, 1.82) is 0 Å². The fraction of sp³-hybridized carbons (Fsp3) is 0.429. The Morgan fingerprint density at radius 1 is 0.597 bits per heavy atom. The van der Waals surface area contributed by atoms with Crippen molar-refractivity contribution in [2.75, 3.05) is 96.5 Å². The first-order valence-corrected chi connectivity index (χ1v) is 20.7. The zero-order valence-corrected chi connectivity index (χ0v) is 34.7. The van der Waals surface area contributed by atoms with Gasteiger partial charge in [0.1, 0.15) is 11.4 Å². The number of aromatic nitrogens is 6. The minimum Gasteiger partial charge on any atom is -0.391 e. The van der Waals surface area contributed by atoms with Crippen LogP contribution in [0.5, 0.6) is 0 Å². The molecule has 4 aromatic rings. The van der Waals surface area contributed by atoms with Crippen LogP contribution < -0.4 is 31.1 Å². The third-order valence-corrected chi connectivity index (χ3v) is 11.1. The normalized spacial score (nSPS) is 25.6. The highest BCUT2D eigenvalue weighted by molar-refractivity contribution is 6.05. The minimum atomic E-state index is -0.624. The maximum Gasteiger partial charge on any atom is 0.274 e. The summed E-state index contributed by atoms with van der Waals surface area (Å²) in [4.78, 5) is 58.6. The fourth-order valence-corrected chi connectivity index (χ4v) is 7.31. The van der Waals surface area contributed by atoms with Gasteiger partial charge in [0, 0.05) is 90.0 Å². The number of carbonyl (C=O) groups is 2. The average molecular weight is 855 g/mol. The standard InChI is InChI=1S/2C21H26FN7O2/c2*1-14-18(30)4-2-3-7-28-8-10-29(11-9-28)17-12-19(22)24-13-16(17)26-20(31)15-5-6-23-21(25-14)27-15/h2*2-3,5-6,12-14,18,30H,4,7-11H2,1H3,(H,26,31)(H,23,25,27)/b2*3-2+/t14-,18+;14-,18-/m00/s1. The first kappa shape index (κ1) is 43.9. The average Bonchev–Trinajstić information content (AvgIpc) is 3.28. The van der Waals surface area contributed by atoms with Crippen LogP contribution in [0.3, 0.4) is 0 Å². The van der Waals surface area contributed by atoms with Crippen LogP contribution in [-0.2, 0) is 0 Å². The molecule has 2 fully saturated rings. The van der Waals surface area contributed by atoms with E-state index in [1.54, 1.807) is 0 Å². The summed E-state index contributed by atoms with van der Waals surface area (Å²) in [6.45, 7) is 11.2. The van der Waals surface area contributed by atoms with Crippen molar-refractivity contribution in [2.45, 2.75) is 51.0 Å². The van der Waals surface area contributed by atoms with E-state index >= 15 is 0 Å². The van der Waals surface area contributed by atoms with Crippen molar-refractivity contribution in [3.05, 3.63) is 96.6 Å². The molecular weight excluding hydrogens is 803 g/mol. The maximum absolute atomic E-state index is 13.9. The Kier molecular flexibility index (Phi) is 14.5. The predicted molar refractivity (Wildman–Crippen MR) is 231 cm³/mol. The van der Waals surface area contributed by atoms with Crippen molar-refractivity contribution >= 4 is 46.5 Å². The van der Waals surface area contributed by atoms with Crippen molar-refractivity contribution in [1.82, 2.24) is 39.7 Å². The van der Waals surface area contributed by atoms with E-state index in [1.165, 1.54) is 49.1 Å². The van der Waals surface area contributed by atoms with E-state index < -0.39 is 35.9 Å². The molecule has 4 aromatic heterocycles. The number of carbonyl (C=O) groups excluding carboxylic acids is 2. The zero-order valence-electron chi connectivity index (χ0n) is 34.7. The third-order valence-electron chi connectivity index (χ3n) is 11.1. The largest absolute Gasteiger partial charge is 0.391 e. The van der Waals surface area contributed by atoms with E-state index in [2.05, 4.69) is 73.1 Å². The zero-order chi connectivity index (χ0) is 43.6. The number of hydrogen-bond donors (Lipinski definition) is 6. The number of fused-ring (bicyclic) bond motifs is 16. The van der Waals surface area contributed by atoms with E-state index in [9.17, 15) is 28.6 Å². The highest BCUT2D eigenvalue weighted by atomic mass is 19.1. The molecule has 10 heterocycles. The van der Waals surface area contributed by atoms with Gasteiger partial charge in [-0.3, -0.25) is 19.4 Å². The summed E-state index contributed by atoms with van der Waals surface area (Å²) in [7, 11) is 0. The summed E-state index contributed by atoms with van der Waals surface area (Å²) in [6.07, 6.45) is 13.4. The Bertz CT molecular complexity index is 2080. The molecule has 0 unspecified atom stereocenters. The number of pyridine rings is 2. The summed E-state index contributed by atoms with van der Waals surface area (Å²) in [5.74, 6) is -1.60. The van der Waals surface area contributed by atoms with Gasteiger partial charge in [0.15, 0.2) is 0 Å². The molecule has 6 N–H and O–H groups in total. The van der Waals surface area contributed by atoms with Crippen LogP contribution in [0.15, 0.2) is 73.4 Å². The van der Waals surface area contributed by atoms with Gasteiger partial charge >= 0.3 is 0 Å². The molecule has 2 saturated heterocycles. The first-order chi connectivity index (χ1) is 30.0. The second kappa shape index (κ2) is 20.6. The Hall–Kier alpha value is -6.22. The summed E-state index contributed by atoms with van der Waals surface area (Å²) in [5.41, 5.74) is 2.36.